The number of anilines is 1. The fraction of sp³-hybridized carbons (Fsp3) is 0.182. The molecule has 1 heterocycles. The lowest BCUT2D eigenvalue weighted by Crippen LogP contribution is -2.57. The van der Waals surface area contributed by atoms with Crippen LogP contribution in [0.2, 0.25) is 0 Å². The highest BCUT2D eigenvalue weighted by atomic mass is 79.9. The van der Waals surface area contributed by atoms with Crippen molar-refractivity contribution < 1.29 is 14.4 Å². The maximum Gasteiger partial charge on any atom is 0.248 e. The standard InChI is InChI=1S/C33H23BrCl2N2O3/c34-20-14-16-21(17-15-20)37-29(39)26(18-19-8-2-1-3-9-19)38-30(40)27-28(31(38)41)33(36)23-11-5-4-10-22(23)32(27,35)24-12-6-7-13-25(24)33/h1-17,26-28H,18H2,(H,37,39)/t26-,27-,28+,32?,33?/m0/s1. The Kier molecular flexibility index (Phi) is 6.16. The number of nitrogens with one attached hydrogen (secondary N) is 1. The minimum atomic E-state index is -1.31. The zero-order valence-electron chi connectivity index (χ0n) is 21.6. The van der Waals surface area contributed by atoms with Crippen molar-refractivity contribution in [3.63, 3.8) is 0 Å². The molecule has 3 amide bonds. The third-order valence-corrected chi connectivity index (χ3v) is 10.4. The predicted octanol–water partition coefficient (Wildman–Crippen LogP) is 6.59. The maximum absolute atomic E-state index is 14.5. The van der Waals surface area contributed by atoms with Gasteiger partial charge in [0.05, 0.1) is 11.8 Å². The maximum atomic E-state index is 14.5. The van der Waals surface area contributed by atoms with Gasteiger partial charge in [0.1, 0.15) is 15.8 Å². The molecule has 204 valence electrons. The highest BCUT2D eigenvalue weighted by Crippen LogP contribution is 2.69. The Labute approximate surface area is 255 Å². The second kappa shape index (κ2) is 9.55. The first-order chi connectivity index (χ1) is 19.8. The second-order valence-corrected chi connectivity index (χ2v) is 12.8. The van der Waals surface area contributed by atoms with Crippen LogP contribution in [0, 0.1) is 11.8 Å². The Bertz CT molecular complexity index is 1600. The van der Waals surface area contributed by atoms with Crippen LogP contribution in [0.25, 0.3) is 0 Å². The summed E-state index contributed by atoms with van der Waals surface area (Å²) < 4.78 is 0.861. The van der Waals surface area contributed by atoms with Crippen molar-refractivity contribution >= 4 is 62.5 Å². The van der Waals surface area contributed by atoms with Crippen molar-refractivity contribution in [1.29, 1.82) is 0 Å². The summed E-state index contributed by atoms with van der Waals surface area (Å²) in [5.74, 6) is -3.39. The Morgan fingerprint density at radius 1 is 0.732 bits per heavy atom. The lowest BCUT2D eigenvalue weighted by molar-refractivity contribution is -0.146. The van der Waals surface area contributed by atoms with Crippen molar-refractivity contribution in [3.8, 4) is 0 Å². The van der Waals surface area contributed by atoms with Gasteiger partial charge in [0.2, 0.25) is 17.7 Å². The van der Waals surface area contributed by atoms with Crippen molar-refractivity contribution in [2.45, 2.75) is 22.2 Å². The van der Waals surface area contributed by atoms with E-state index in [2.05, 4.69) is 21.2 Å². The third kappa shape index (κ3) is 3.70. The number of hydrogen-bond donors (Lipinski definition) is 1. The Morgan fingerprint density at radius 2 is 1.17 bits per heavy atom. The molecule has 1 saturated heterocycles. The Morgan fingerprint density at radius 3 is 1.63 bits per heavy atom. The molecule has 4 aromatic carbocycles. The van der Waals surface area contributed by atoms with Gasteiger partial charge in [0, 0.05) is 16.6 Å². The summed E-state index contributed by atoms with van der Waals surface area (Å²) in [7, 11) is 0. The molecule has 1 fully saturated rings. The molecule has 4 aromatic rings. The molecule has 0 aromatic heterocycles. The molecule has 2 bridgehead atoms. The van der Waals surface area contributed by atoms with Crippen LogP contribution in [0.4, 0.5) is 5.69 Å². The van der Waals surface area contributed by atoms with Gasteiger partial charge in [-0.15, -0.1) is 23.2 Å². The molecule has 0 unspecified atom stereocenters. The topological polar surface area (TPSA) is 66.5 Å². The number of hydrogen-bond acceptors (Lipinski definition) is 3. The quantitative estimate of drug-likeness (QED) is 0.197. The number of halogens is 3. The van der Waals surface area contributed by atoms with Gasteiger partial charge in [-0.2, -0.15) is 0 Å². The van der Waals surface area contributed by atoms with E-state index in [1.165, 1.54) is 0 Å². The van der Waals surface area contributed by atoms with E-state index < -0.39 is 45.3 Å². The second-order valence-electron chi connectivity index (χ2n) is 10.7. The summed E-state index contributed by atoms with van der Waals surface area (Å²) in [6.45, 7) is 0. The number of imide groups is 1. The summed E-state index contributed by atoms with van der Waals surface area (Å²) >= 11 is 18.6. The van der Waals surface area contributed by atoms with Crippen molar-refractivity contribution in [2.24, 2.45) is 11.8 Å². The number of likely N-dealkylation sites (tertiary alicyclic amines) is 1. The molecule has 0 saturated carbocycles. The van der Waals surface area contributed by atoms with Gasteiger partial charge < -0.3 is 5.32 Å². The van der Waals surface area contributed by atoms with Gasteiger partial charge in [-0.1, -0.05) is 94.8 Å². The first kappa shape index (κ1) is 26.4. The molecule has 5 nitrogen and oxygen atoms in total. The SMILES string of the molecule is O=C(Nc1ccc(Br)cc1)[C@H](Cc1ccccc1)N1C(=O)[C@@H]2[C@H](C1=O)C1(Cl)c3ccccc3C2(Cl)c2ccccc21. The van der Waals surface area contributed by atoms with Crippen molar-refractivity contribution in [1.82, 2.24) is 4.90 Å². The summed E-state index contributed by atoms with van der Waals surface area (Å²) in [6, 6.07) is 30.4. The zero-order chi connectivity index (χ0) is 28.5. The van der Waals surface area contributed by atoms with Crippen LogP contribution in [0.5, 0.6) is 0 Å². The van der Waals surface area contributed by atoms with E-state index in [1.54, 1.807) is 12.1 Å². The average molecular weight is 646 g/mol. The molecule has 4 aliphatic rings. The average Bonchev–Trinajstić information content (AvgIpc) is 3.27. The highest BCUT2D eigenvalue weighted by molar-refractivity contribution is 9.10. The number of alkyl halides is 2. The smallest absolute Gasteiger partial charge is 0.248 e. The molecule has 1 N–H and O–H groups in total. The van der Waals surface area contributed by atoms with E-state index in [9.17, 15) is 14.4 Å². The van der Waals surface area contributed by atoms with Crippen LogP contribution in [0.15, 0.2) is 108 Å². The van der Waals surface area contributed by atoms with Crippen LogP contribution in [-0.4, -0.2) is 28.7 Å². The third-order valence-electron chi connectivity index (χ3n) is 8.62. The first-order valence-electron chi connectivity index (χ1n) is 13.3. The van der Waals surface area contributed by atoms with Crippen LogP contribution in [-0.2, 0) is 30.6 Å². The largest absolute Gasteiger partial charge is 0.324 e. The Hall–Kier alpha value is -3.45. The summed E-state index contributed by atoms with van der Waals surface area (Å²) in [6.07, 6.45) is 0.143. The van der Waals surface area contributed by atoms with E-state index >= 15 is 0 Å². The number of rotatable bonds is 5. The molecule has 41 heavy (non-hydrogen) atoms. The van der Waals surface area contributed by atoms with E-state index in [1.807, 2.05) is 91.0 Å². The number of carbonyl (C=O) groups is 3. The molecule has 3 atom stereocenters. The van der Waals surface area contributed by atoms with Crippen LogP contribution in [0.1, 0.15) is 27.8 Å². The molecular formula is C33H23BrCl2N2O3. The minimum absolute atomic E-state index is 0.143. The molecular weight excluding hydrogens is 623 g/mol. The van der Waals surface area contributed by atoms with Crippen molar-refractivity contribution in [3.05, 3.63) is 135 Å². The van der Waals surface area contributed by atoms with Gasteiger partial charge in [-0.05, 0) is 52.1 Å². The van der Waals surface area contributed by atoms with Gasteiger partial charge in [0.25, 0.3) is 0 Å². The van der Waals surface area contributed by atoms with E-state index in [-0.39, 0.29) is 6.42 Å². The predicted molar refractivity (Wildman–Crippen MR) is 162 cm³/mol. The number of benzene rings is 4. The van der Waals surface area contributed by atoms with E-state index in [0.717, 1.165) is 37.2 Å². The lowest BCUT2D eigenvalue weighted by atomic mass is 9.54. The van der Waals surface area contributed by atoms with E-state index in [0.29, 0.717) is 5.69 Å². The molecule has 8 rings (SSSR count). The molecule has 1 aliphatic heterocycles. The van der Waals surface area contributed by atoms with Crippen LogP contribution < -0.4 is 5.32 Å². The highest BCUT2D eigenvalue weighted by Gasteiger charge is 2.73. The number of nitrogens with zero attached hydrogens (tertiary/aromatic N) is 1. The summed E-state index contributed by atoms with van der Waals surface area (Å²) in [5.41, 5.74) is 4.25. The zero-order valence-corrected chi connectivity index (χ0v) is 24.7. The van der Waals surface area contributed by atoms with Crippen LogP contribution in [0.3, 0.4) is 0 Å². The Balaban J connectivity index is 1.36. The fourth-order valence-corrected chi connectivity index (χ4v) is 8.26. The van der Waals surface area contributed by atoms with Gasteiger partial charge in [0.15, 0.2) is 0 Å². The van der Waals surface area contributed by atoms with E-state index in [4.69, 9.17) is 23.2 Å². The summed E-state index contributed by atoms with van der Waals surface area (Å²) in [4.78, 5) is 41.5. The molecule has 0 radical (unpaired) electrons. The fourth-order valence-electron chi connectivity index (χ4n) is 6.89. The number of amides is 3. The molecule has 8 heteroatoms. The number of carbonyl (C=O) groups excluding carboxylic acids is 3. The minimum Gasteiger partial charge on any atom is -0.324 e. The molecule has 3 aliphatic carbocycles. The van der Waals surface area contributed by atoms with Gasteiger partial charge >= 0.3 is 0 Å². The van der Waals surface area contributed by atoms with Crippen molar-refractivity contribution in [2.75, 3.05) is 5.32 Å². The van der Waals surface area contributed by atoms with Gasteiger partial charge in [-0.3, -0.25) is 19.3 Å². The monoisotopic (exact) mass is 644 g/mol. The van der Waals surface area contributed by atoms with Crippen LogP contribution >= 0.6 is 39.1 Å². The van der Waals surface area contributed by atoms with Gasteiger partial charge in [-0.25, -0.2) is 0 Å². The summed E-state index contributed by atoms with van der Waals surface area (Å²) in [5, 5.41) is 2.91. The first-order valence-corrected chi connectivity index (χ1v) is 14.9. The molecule has 0 spiro atoms. The lowest BCUT2D eigenvalue weighted by Gasteiger charge is -2.54. The normalized spacial score (nSPS) is 26.3.